The summed E-state index contributed by atoms with van der Waals surface area (Å²) in [5.74, 6) is 0.238. The molecule has 1 saturated heterocycles. The van der Waals surface area contributed by atoms with Gasteiger partial charge in [0.05, 0.1) is 6.33 Å². The summed E-state index contributed by atoms with van der Waals surface area (Å²) in [4.78, 5) is 12.2. The molecular weight excluding hydrogens is 378 g/mol. The van der Waals surface area contributed by atoms with Crippen LogP contribution in [-0.4, -0.2) is 62.7 Å². The second-order valence-corrected chi connectivity index (χ2v) is 11.9. The van der Waals surface area contributed by atoms with Gasteiger partial charge in [-0.3, -0.25) is 4.57 Å². The third-order valence-electron chi connectivity index (χ3n) is 5.66. The van der Waals surface area contributed by atoms with E-state index in [9.17, 15) is 10.2 Å². The summed E-state index contributed by atoms with van der Waals surface area (Å²) in [7, 11) is -1.59. The molecule has 28 heavy (non-hydrogen) atoms. The zero-order valence-corrected chi connectivity index (χ0v) is 17.4. The number of aliphatic hydroxyl groups is 2. The number of nitrogens with zero attached hydrogens (tertiary/aromatic N) is 4. The molecule has 0 saturated carbocycles. The molecule has 2 aromatic rings. The molecule has 2 aromatic heterocycles. The van der Waals surface area contributed by atoms with Crippen LogP contribution in [0.1, 0.15) is 27.0 Å². The molecule has 0 radical (unpaired) electrons. The fourth-order valence-electron chi connectivity index (χ4n) is 3.44. The number of nitrogens with two attached hydrogens (primary N) is 1. The number of aromatic nitrogens is 4. The van der Waals surface area contributed by atoms with Gasteiger partial charge in [0.25, 0.3) is 0 Å². The van der Waals surface area contributed by atoms with Crippen LogP contribution in [0.25, 0.3) is 11.2 Å². The fourth-order valence-corrected chi connectivity index (χ4v) is 5.76. The van der Waals surface area contributed by atoms with E-state index >= 15 is 0 Å². The van der Waals surface area contributed by atoms with Crippen LogP contribution >= 0.6 is 0 Å². The predicted molar refractivity (Wildman–Crippen MR) is 107 cm³/mol. The van der Waals surface area contributed by atoms with Crippen molar-refractivity contribution in [3.63, 3.8) is 0 Å². The monoisotopic (exact) mass is 405 g/mol. The van der Waals surface area contributed by atoms with Gasteiger partial charge >= 0.3 is 0 Å². The fraction of sp³-hybridized carbons (Fsp3) is 0.611. The normalized spacial score (nSPS) is 24.9. The molecule has 3 heterocycles. The molecule has 1 fully saturated rings. The molecule has 0 aromatic carbocycles. The Morgan fingerprint density at radius 3 is 2.57 bits per heavy atom. The van der Waals surface area contributed by atoms with Gasteiger partial charge < -0.3 is 25.4 Å². The minimum Gasteiger partial charge on any atom is -0.444 e. The van der Waals surface area contributed by atoms with Crippen molar-refractivity contribution in [1.29, 1.82) is 0 Å². The van der Waals surface area contributed by atoms with E-state index in [4.69, 9.17) is 15.2 Å². The largest absolute Gasteiger partial charge is 0.444 e. The van der Waals surface area contributed by atoms with E-state index in [2.05, 4.69) is 47.4 Å². The first kappa shape index (κ1) is 20.5. The van der Waals surface area contributed by atoms with Gasteiger partial charge in [0, 0.05) is 0 Å². The standard InChI is InChI=1S/C18H27N5O4Si/c1-4-28(5-2,6-3)8-7-26-9-12-14(24)15(25)18(27-12)23-11-22-13-16(19)20-10-21-17(13)23/h10-12,14-15,18,24-25H,4-6,9H2,1-3H3,(H2,19,20,21)/t12-,14-,15-,18-/m1/s1. The summed E-state index contributed by atoms with van der Waals surface area (Å²) in [6.07, 6.45) is 1.74. The van der Waals surface area contributed by atoms with Crippen LogP contribution in [0.3, 0.4) is 0 Å². The molecule has 10 heteroatoms. The van der Waals surface area contributed by atoms with E-state index in [0.29, 0.717) is 11.2 Å². The van der Waals surface area contributed by atoms with Crippen molar-refractivity contribution in [2.45, 2.75) is 63.4 Å². The third kappa shape index (κ3) is 3.71. The highest BCUT2D eigenvalue weighted by molar-refractivity contribution is 6.87. The van der Waals surface area contributed by atoms with E-state index in [1.54, 1.807) is 0 Å². The molecule has 0 amide bonds. The summed E-state index contributed by atoms with van der Waals surface area (Å²) < 4.78 is 12.8. The summed E-state index contributed by atoms with van der Waals surface area (Å²) in [6, 6.07) is 3.25. The predicted octanol–water partition coefficient (Wildman–Crippen LogP) is 1.05. The SMILES string of the molecule is CC[Si](C#COC[C@H]1O[C@@H](n2cnc3c(N)ncnc32)[C@H](O)[C@@H]1O)(CC)CC. The highest BCUT2D eigenvalue weighted by Crippen LogP contribution is 2.32. The lowest BCUT2D eigenvalue weighted by molar-refractivity contribution is -0.0510. The molecule has 9 nitrogen and oxygen atoms in total. The minimum atomic E-state index is -1.59. The van der Waals surface area contributed by atoms with Crippen molar-refractivity contribution in [3.8, 4) is 11.7 Å². The first-order valence-corrected chi connectivity index (χ1v) is 12.2. The van der Waals surface area contributed by atoms with Gasteiger partial charge in [-0.25, -0.2) is 15.0 Å². The number of hydrogen-bond donors (Lipinski definition) is 3. The number of fused-ring (bicyclic) bond motifs is 1. The maximum absolute atomic E-state index is 10.4. The molecule has 0 bridgehead atoms. The van der Waals surface area contributed by atoms with Crippen molar-refractivity contribution in [1.82, 2.24) is 19.5 Å². The van der Waals surface area contributed by atoms with Gasteiger partial charge in [-0.2, -0.15) is 0 Å². The number of hydrogen-bond acceptors (Lipinski definition) is 8. The summed E-state index contributed by atoms with van der Waals surface area (Å²) in [6.45, 7) is 6.58. The first-order chi connectivity index (χ1) is 13.5. The van der Waals surface area contributed by atoms with E-state index in [1.165, 1.54) is 17.2 Å². The second kappa shape index (κ2) is 8.44. The Morgan fingerprint density at radius 1 is 1.18 bits per heavy atom. The van der Waals surface area contributed by atoms with E-state index in [1.807, 2.05) is 0 Å². The molecule has 1 aliphatic rings. The van der Waals surface area contributed by atoms with Crippen LogP contribution in [0.2, 0.25) is 18.1 Å². The quantitative estimate of drug-likeness (QED) is 0.480. The van der Waals surface area contributed by atoms with E-state index < -0.39 is 32.6 Å². The average Bonchev–Trinajstić information content (AvgIpc) is 3.26. The summed E-state index contributed by atoms with van der Waals surface area (Å²) in [5.41, 5.74) is 9.96. The Bertz CT molecular complexity index is 867. The number of rotatable bonds is 6. The highest BCUT2D eigenvalue weighted by atomic mass is 28.3. The van der Waals surface area contributed by atoms with E-state index in [0.717, 1.165) is 18.1 Å². The number of nitrogen functional groups attached to an aromatic ring is 1. The Hall–Kier alpha value is -2.19. The van der Waals surface area contributed by atoms with Gasteiger partial charge in [0.1, 0.15) is 50.9 Å². The van der Waals surface area contributed by atoms with Crippen LogP contribution < -0.4 is 5.73 Å². The average molecular weight is 406 g/mol. The molecule has 0 aliphatic carbocycles. The summed E-state index contributed by atoms with van der Waals surface area (Å²) in [5, 5.41) is 20.8. The molecule has 1 aliphatic heterocycles. The van der Waals surface area contributed by atoms with Crippen molar-refractivity contribution in [2.75, 3.05) is 12.3 Å². The molecule has 0 unspecified atom stereocenters. The molecule has 152 valence electrons. The van der Waals surface area contributed by atoms with Crippen molar-refractivity contribution < 1.29 is 19.7 Å². The van der Waals surface area contributed by atoms with Gasteiger partial charge in [-0.1, -0.05) is 26.3 Å². The lowest BCUT2D eigenvalue weighted by Gasteiger charge is -2.19. The van der Waals surface area contributed by atoms with Crippen LogP contribution in [0.5, 0.6) is 0 Å². The smallest absolute Gasteiger partial charge is 0.167 e. The Kier molecular flexibility index (Phi) is 6.19. The van der Waals surface area contributed by atoms with Crippen LogP contribution in [0, 0.1) is 11.7 Å². The lowest BCUT2D eigenvalue weighted by Crippen LogP contribution is -2.33. The summed E-state index contributed by atoms with van der Waals surface area (Å²) >= 11 is 0. The number of anilines is 1. The molecule has 4 atom stereocenters. The maximum atomic E-state index is 10.4. The van der Waals surface area contributed by atoms with Crippen molar-refractivity contribution >= 4 is 25.1 Å². The highest BCUT2D eigenvalue weighted by Gasteiger charge is 2.44. The van der Waals surface area contributed by atoms with Crippen LogP contribution in [0.15, 0.2) is 12.7 Å². The molecule has 3 rings (SSSR count). The first-order valence-electron chi connectivity index (χ1n) is 9.54. The van der Waals surface area contributed by atoms with Gasteiger partial charge in [-0.15, -0.1) is 0 Å². The number of ether oxygens (including phenoxy) is 2. The molecule has 0 spiro atoms. The molecular formula is C18H27N5O4Si. The van der Waals surface area contributed by atoms with Gasteiger partial charge in [0.15, 0.2) is 17.7 Å². The maximum Gasteiger partial charge on any atom is 0.167 e. The van der Waals surface area contributed by atoms with Gasteiger partial charge in [-0.05, 0) is 18.1 Å². The van der Waals surface area contributed by atoms with Crippen molar-refractivity contribution in [3.05, 3.63) is 12.7 Å². The third-order valence-corrected chi connectivity index (χ3v) is 10.4. The minimum absolute atomic E-state index is 0.0626. The second-order valence-electron chi connectivity index (χ2n) is 7.01. The Balaban J connectivity index is 1.70. The van der Waals surface area contributed by atoms with E-state index in [-0.39, 0.29) is 12.4 Å². The molecule has 4 N–H and O–H groups in total. The zero-order valence-electron chi connectivity index (χ0n) is 16.4. The van der Waals surface area contributed by atoms with Crippen LogP contribution in [-0.2, 0) is 9.47 Å². The van der Waals surface area contributed by atoms with Crippen LogP contribution in [0.4, 0.5) is 5.82 Å². The Labute approximate surface area is 164 Å². The lowest BCUT2D eigenvalue weighted by atomic mass is 10.1. The topological polar surface area (TPSA) is 129 Å². The zero-order chi connectivity index (χ0) is 20.3. The van der Waals surface area contributed by atoms with Gasteiger partial charge in [0.2, 0.25) is 0 Å². The Morgan fingerprint density at radius 2 is 1.89 bits per heavy atom. The number of aliphatic hydroxyl groups excluding tert-OH is 2. The van der Waals surface area contributed by atoms with Crippen molar-refractivity contribution in [2.24, 2.45) is 0 Å². The number of imidazole rings is 1.